The van der Waals surface area contributed by atoms with Crippen molar-refractivity contribution in [3.63, 3.8) is 0 Å². The van der Waals surface area contributed by atoms with Gasteiger partial charge in [0.05, 0.1) is 12.0 Å². The number of nitrogens with zero attached hydrogens (tertiary/aromatic N) is 2. The predicted molar refractivity (Wildman–Crippen MR) is 68.1 cm³/mol. The molecule has 1 rings (SSSR count). The molecule has 0 aromatic carbocycles. The van der Waals surface area contributed by atoms with Crippen LogP contribution in [0.1, 0.15) is 58.2 Å². The van der Waals surface area contributed by atoms with Gasteiger partial charge >= 0.3 is 0 Å². The molecule has 1 aromatic heterocycles. The molecule has 1 aromatic rings. The zero-order valence-electron chi connectivity index (χ0n) is 10.8. The molecular weight excluding hydrogens is 198 g/mol. The molecule has 1 heterocycles. The lowest BCUT2D eigenvalue weighted by atomic mass is 9.99. The van der Waals surface area contributed by atoms with Gasteiger partial charge < -0.3 is 10.3 Å². The van der Waals surface area contributed by atoms with Crippen LogP contribution in [-0.4, -0.2) is 9.55 Å². The first-order valence-electron chi connectivity index (χ1n) is 6.44. The van der Waals surface area contributed by atoms with E-state index in [2.05, 4.69) is 23.4 Å². The minimum Gasteiger partial charge on any atom is -0.333 e. The maximum Gasteiger partial charge on any atom is 0.0948 e. The predicted octanol–water partition coefficient (Wildman–Crippen LogP) is 3.12. The molecule has 2 atom stereocenters. The van der Waals surface area contributed by atoms with Crippen LogP contribution in [0.5, 0.6) is 0 Å². The maximum atomic E-state index is 5.92. The van der Waals surface area contributed by atoms with Crippen LogP contribution in [0.3, 0.4) is 0 Å². The molecule has 0 amide bonds. The molecule has 3 heteroatoms. The summed E-state index contributed by atoms with van der Waals surface area (Å²) >= 11 is 0. The number of unbranched alkanes of at least 4 members (excludes halogenated alkanes) is 1. The lowest BCUT2D eigenvalue weighted by Crippen LogP contribution is -2.16. The van der Waals surface area contributed by atoms with Crippen LogP contribution in [0.25, 0.3) is 0 Å². The zero-order chi connectivity index (χ0) is 12.0. The maximum absolute atomic E-state index is 5.92. The Hall–Kier alpha value is -0.830. The molecule has 0 aliphatic rings. The summed E-state index contributed by atoms with van der Waals surface area (Å²) in [6.45, 7) is 7.59. The van der Waals surface area contributed by atoms with E-state index >= 15 is 0 Å². The molecule has 0 saturated carbocycles. The highest BCUT2D eigenvalue weighted by molar-refractivity contribution is 5.03. The van der Waals surface area contributed by atoms with Crippen LogP contribution < -0.4 is 5.73 Å². The molecule has 0 aliphatic heterocycles. The Balaban J connectivity index is 2.59. The number of hydrogen-bond acceptors (Lipinski definition) is 2. The number of rotatable bonds is 7. The summed E-state index contributed by atoms with van der Waals surface area (Å²) in [5, 5.41) is 0. The van der Waals surface area contributed by atoms with Gasteiger partial charge in [-0.25, -0.2) is 4.98 Å². The molecule has 0 radical (unpaired) electrons. The molecule has 0 fully saturated rings. The van der Waals surface area contributed by atoms with Crippen molar-refractivity contribution in [1.29, 1.82) is 0 Å². The van der Waals surface area contributed by atoms with Gasteiger partial charge in [0, 0.05) is 18.8 Å². The second kappa shape index (κ2) is 6.69. The summed E-state index contributed by atoms with van der Waals surface area (Å²) < 4.78 is 2.22. The average Bonchev–Trinajstić information content (AvgIpc) is 2.72. The second-order valence-electron chi connectivity index (χ2n) is 4.68. The van der Waals surface area contributed by atoms with Crippen LogP contribution in [0.2, 0.25) is 0 Å². The van der Waals surface area contributed by atoms with Crippen molar-refractivity contribution >= 4 is 0 Å². The highest BCUT2D eigenvalue weighted by Gasteiger charge is 2.11. The quantitative estimate of drug-likeness (QED) is 0.772. The molecule has 16 heavy (non-hydrogen) atoms. The molecule has 2 N–H and O–H groups in total. The van der Waals surface area contributed by atoms with E-state index in [9.17, 15) is 0 Å². The van der Waals surface area contributed by atoms with Gasteiger partial charge in [0.2, 0.25) is 0 Å². The molecular formula is C13H25N3. The summed E-state index contributed by atoms with van der Waals surface area (Å²) in [4.78, 5) is 4.19. The van der Waals surface area contributed by atoms with Crippen molar-refractivity contribution in [1.82, 2.24) is 9.55 Å². The van der Waals surface area contributed by atoms with E-state index in [0.717, 1.165) is 18.2 Å². The van der Waals surface area contributed by atoms with Gasteiger partial charge in [0.25, 0.3) is 0 Å². The van der Waals surface area contributed by atoms with Crippen molar-refractivity contribution in [3.05, 3.63) is 18.2 Å². The second-order valence-corrected chi connectivity index (χ2v) is 4.68. The molecule has 92 valence electrons. The Labute approximate surface area is 99.1 Å². The highest BCUT2D eigenvalue weighted by atomic mass is 15.1. The van der Waals surface area contributed by atoms with Crippen LogP contribution >= 0.6 is 0 Å². The summed E-state index contributed by atoms with van der Waals surface area (Å²) in [7, 11) is 0. The van der Waals surface area contributed by atoms with Crippen molar-refractivity contribution < 1.29 is 0 Å². The fourth-order valence-electron chi connectivity index (χ4n) is 2.06. The number of aromatic nitrogens is 2. The summed E-state index contributed by atoms with van der Waals surface area (Å²) in [5.41, 5.74) is 7.06. The Kier molecular flexibility index (Phi) is 5.53. The molecule has 0 saturated heterocycles. The van der Waals surface area contributed by atoms with Gasteiger partial charge in [-0.15, -0.1) is 0 Å². The third-order valence-corrected chi connectivity index (χ3v) is 3.21. The SMILES string of the molecule is CCCCC(CC)Cn1cncc1[C@@H](C)N. The van der Waals surface area contributed by atoms with Crippen LogP contribution in [0.15, 0.2) is 12.5 Å². The smallest absolute Gasteiger partial charge is 0.0948 e. The Morgan fingerprint density at radius 2 is 2.19 bits per heavy atom. The van der Waals surface area contributed by atoms with Crippen LogP contribution in [-0.2, 0) is 6.54 Å². The molecule has 3 nitrogen and oxygen atoms in total. The van der Waals surface area contributed by atoms with E-state index in [-0.39, 0.29) is 6.04 Å². The molecule has 0 aliphatic carbocycles. The Morgan fingerprint density at radius 3 is 2.75 bits per heavy atom. The Bertz CT molecular complexity index is 291. The van der Waals surface area contributed by atoms with Gasteiger partial charge in [0.15, 0.2) is 0 Å². The van der Waals surface area contributed by atoms with Crippen molar-refractivity contribution in [3.8, 4) is 0 Å². The number of imidazole rings is 1. The fraction of sp³-hybridized carbons (Fsp3) is 0.769. The summed E-state index contributed by atoms with van der Waals surface area (Å²) in [6.07, 6.45) is 8.94. The van der Waals surface area contributed by atoms with Gasteiger partial charge in [-0.2, -0.15) is 0 Å². The van der Waals surface area contributed by atoms with Gasteiger partial charge in [-0.3, -0.25) is 0 Å². The molecule has 1 unspecified atom stereocenters. The van der Waals surface area contributed by atoms with Crippen LogP contribution in [0.4, 0.5) is 0 Å². The normalized spacial score (nSPS) is 15.0. The number of hydrogen-bond donors (Lipinski definition) is 1. The monoisotopic (exact) mass is 223 g/mol. The first kappa shape index (κ1) is 13.2. The van der Waals surface area contributed by atoms with E-state index in [1.54, 1.807) is 0 Å². The van der Waals surface area contributed by atoms with E-state index < -0.39 is 0 Å². The Morgan fingerprint density at radius 1 is 1.44 bits per heavy atom. The summed E-state index contributed by atoms with van der Waals surface area (Å²) in [5.74, 6) is 0.756. The van der Waals surface area contributed by atoms with Gasteiger partial charge in [-0.05, 0) is 19.3 Å². The van der Waals surface area contributed by atoms with Gasteiger partial charge in [0.1, 0.15) is 0 Å². The minimum absolute atomic E-state index is 0.0752. The topological polar surface area (TPSA) is 43.8 Å². The summed E-state index contributed by atoms with van der Waals surface area (Å²) in [6, 6.07) is 0.0752. The third-order valence-electron chi connectivity index (χ3n) is 3.21. The first-order valence-corrected chi connectivity index (χ1v) is 6.44. The van der Waals surface area contributed by atoms with Crippen molar-refractivity contribution in [2.75, 3.05) is 0 Å². The first-order chi connectivity index (χ1) is 7.69. The van der Waals surface area contributed by atoms with E-state index in [1.165, 1.54) is 25.7 Å². The van der Waals surface area contributed by atoms with E-state index in [0.29, 0.717) is 0 Å². The molecule has 0 bridgehead atoms. The fourth-order valence-corrected chi connectivity index (χ4v) is 2.06. The van der Waals surface area contributed by atoms with Crippen molar-refractivity contribution in [2.24, 2.45) is 11.7 Å². The van der Waals surface area contributed by atoms with E-state index in [1.807, 2.05) is 19.4 Å². The standard InChI is InChI=1S/C13H25N3/c1-4-6-7-12(5-2)9-16-10-15-8-13(16)11(3)14/h8,10-12H,4-7,9,14H2,1-3H3/t11-,12?/m1/s1. The average molecular weight is 223 g/mol. The minimum atomic E-state index is 0.0752. The lowest BCUT2D eigenvalue weighted by molar-refractivity contribution is 0.382. The largest absolute Gasteiger partial charge is 0.333 e. The zero-order valence-corrected chi connectivity index (χ0v) is 10.8. The van der Waals surface area contributed by atoms with Crippen molar-refractivity contribution in [2.45, 2.75) is 59.0 Å². The molecule has 0 spiro atoms. The highest BCUT2D eigenvalue weighted by Crippen LogP contribution is 2.18. The van der Waals surface area contributed by atoms with E-state index in [4.69, 9.17) is 5.73 Å². The third kappa shape index (κ3) is 3.63. The van der Waals surface area contributed by atoms with Gasteiger partial charge in [-0.1, -0.05) is 33.1 Å². The van der Waals surface area contributed by atoms with Crippen LogP contribution in [0, 0.1) is 5.92 Å². The number of nitrogens with two attached hydrogens (primary N) is 1. The lowest BCUT2D eigenvalue weighted by Gasteiger charge is -2.18.